The molecule has 3 heterocycles. The number of pyridine rings is 1. The molecule has 0 spiro atoms. The first-order chi connectivity index (χ1) is 10.0. The number of fused-ring (bicyclic) bond motifs is 1. The van der Waals surface area contributed by atoms with Crippen LogP contribution in [0.2, 0.25) is 0 Å². The number of aromatic carboxylic acids is 1. The summed E-state index contributed by atoms with van der Waals surface area (Å²) < 4.78 is 1.09. The van der Waals surface area contributed by atoms with E-state index in [0.717, 1.165) is 20.8 Å². The van der Waals surface area contributed by atoms with Crippen molar-refractivity contribution in [2.45, 2.75) is 20.3 Å². The normalized spacial score (nSPS) is 11.4. The van der Waals surface area contributed by atoms with E-state index in [0.29, 0.717) is 22.9 Å². The zero-order chi connectivity index (χ0) is 15.0. The van der Waals surface area contributed by atoms with Crippen molar-refractivity contribution in [2.75, 3.05) is 0 Å². The summed E-state index contributed by atoms with van der Waals surface area (Å²) >= 11 is 2.85. The third-order valence-corrected chi connectivity index (χ3v) is 5.03. The Balaban J connectivity index is 2.06. The molecule has 0 fully saturated rings. The Hall–Kier alpha value is -1.79. The average Bonchev–Trinajstić information content (AvgIpc) is 3.03. The number of aromatic nitrogens is 2. The number of carbonyl (C=O) groups is 1. The van der Waals surface area contributed by atoms with Crippen molar-refractivity contribution in [1.82, 2.24) is 9.97 Å². The Labute approximate surface area is 130 Å². The van der Waals surface area contributed by atoms with E-state index >= 15 is 0 Å². The molecule has 0 saturated carbocycles. The van der Waals surface area contributed by atoms with Crippen LogP contribution in [-0.2, 0) is 6.42 Å². The van der Waals surface area contributed by atoms with Gasteiger partial charge in [0, 0.05) is 11.8 Å². The van der Waals surface area contributed by atoms with E-state index in [-0.39, 0.29) is 0 Å². The van der Waals surface area contributed by atoms with E-state index in [1.165, 1.54) is 11.3 Å². The summed E-state index contributed by atoms with van der Waals surface area (Å²) in [6.07, 6.45) is 2.44. The summed E-state index contributed by atoms with van der Waals surface area (Å²) in [5.74, 6) is -0.532. The van der Waals surface area contributed by atoms with Gasteiger partial charge in [-0.05, 0) is 29.9 Å². The monoisotopic (exact) mass is 318 g/mol. The van der Waals surface area contributed by atoms with Gasteiger partial charge in [0.15, 0.2) is 0 Å². The highest BCUT2D eigenvalue weighted by atomic mass is 32.1. The maximum absolute atomic E-state index is 11.4. The van der Waals surface area contributed by atoms with Crippen molar-refractivity contribution in [3.63, 3.8) is 0 Å². The number of thiazole rings is 1. The van der Waals surface area contributed by atoms with Gasteiger partial charge in [-0.3, -0.25) is 4.98 Å². The van der Waals surface area contributed by atoms with Gasteiger partial charge in [-0.25, -0.2) is 9.78 Å². The minimum atomic E-state index is -0.903. The van der Waals surface area contributed by atoms with Crippen LogP contribution in [0, 0.1) is 5.92 Å². The number of hydrogen-bond donors (Lipinski definition) is 1. The smallest absolute Gasteiger partial charge is 0.347 e. The average molecular weight is 318 g/mol. The second kappa shape index (κ2) is 5.54. The van der Waals surface area contributed by atoms with Crippen molar-refractivity contribution in [3.05, 3.63) is 34.3 Å². The zero-order valence-electron chi connectivity index (χ0n) is 11.7. The number of hydrogen-bond acceptors (Lipinski definition) is 5. The second-order valence-corrected chi connectivity index (χ2v) is 7.17. The lowest BCUT2D eigenvalue weighted by Crippen LogP contribution is -2.02. The van der Waals surface area contributed by atoms with Crippen molar-refractivity contribution >= 4 is 38.9 Å². The molecule has 4 nitrogen and oxygen atoms in total. The summed E-state index contributed by atoms with van der Waals surface area (Å²) in [6, 6.07) is 4.00. The minimum Gasteiger partial charge on any atom is -0.477 e. The van der Waals surface area contributed by atoms with Crippen LogP contribution in [0.15, 0.2) is 23.7 Å². The summed E-state index contributed by atoms with van der Waals surface area (Å²) in [5.41, 5.74) is 2.51. The molecule has 0 unspecified atom stereocenters. The first-order valence-corrected chi connectivity index (χ1v) is 8.31. The van der Waals surface area contributed by atoms with Crippen LogP contribution in [-0.4, -0.2) is 21.0 Å². The topological polar surface area (TPSA) is 63.1 Å². The Kier molecular flexibility index (Phi) is 3.73. The molecular formula is C15H14N2O2S2. The lowest BCUT2D eigenvalue weighted by molar-refractivity contribution is 0.0700. The zero-order valence-corrected chi connectivity index (χ0v) is 13.3. The molecule has 108 valence electrons. The minimum absolute atomic E-state index is 0.338. The molecule has 0 aliphatic heterocycles. The van der Waals surface area contributed by atoms with Crippen molar-refractivity contribution < 1.29 is 9.90 Å². The molecule has 3 rings (SSSR count). The third-order valence-electron chi connectivity index (χ3n) is 3.04. The summed E-state index contributed by atoms with van der Waals surface area (Å²) in [7, 11) is 0. The molecule has 0 atom stereocenters. The number of carboxylic acids is 1. The molecule has 0 aliphatic rings. The van der Waals surface area contributed by atoms with Crippen LogP contribution in [0.3, 0.4) is 0 Å². The predicted molar refractivity (Wildman–Crippen MR) is 86.2 cm³/mol. The standard InChI is InChI=1S/C15H14N2O2S2/c1-8(2)5-11-13(15(18)19)21-14(17-11)9-6-12-10(16-7-9)3-4-20-12/h3-4,6-8H,5H2,1-2H3,(H,18,19). The Morgan fingerprint density at radius 2 is 2.24 bits per heavy atom. The number of nitrogens with zero attached hydrogens (tertiary/aromatic N) is 2. The second-order valence-electron chi connectivity index (χ2n) is 5.23. The van der Waals surface area contributed by atoms with Crippen LogP contribution < -0.4 is 0 Å². The summed E-state index contributed by atoms with van der Waals surface area (Å²) in [6.45, 7) is 4.12. The van der Waals surface area contributed by atoms with E-state index in [4.69, 9.17) is 0 Å². The van der Waals surface area contributed by atoms with Crippen molar-refractivity contribution in [2.24, 2.45) is 5.92 Å². The molecule has 1 N–H and O–H groups in total. The maximum atomic E-state index is 11.4. The van der Waals surface area contributed by atoms with Gasteiger partial charge in [0.2, 0.25) is 0 Å². The van der Waals surface area contributed by atoms with Crippen LogP contribution in [0.25, 0.3) is 20.8 Å². The molecule has 0 aliphatic carbocycles. The van der Waals surface area contributed by atoms with E-state index in [1.54, 1.807) is 17.5 Å². The molecule has 3 aromatic rings. The van der Waals surface area contributed by atoms with E-state index in [1.807, 2.05) is 17.5 Å². The van der Waals surface area contributed by atoms with Gasteiger partial charge in [0.1, 0.15) is 9.88 Å². The van der Waals surface area contributed by atoms with Crippen LogP contribution in [0.4, 0.5) is 0 Å². The molecule has 0 aromatic carbocycles. The Morgan fingerprint density at radius 1 is 1.43 bits per heavy atom. The SMILES string of the molecule is CC(C)Cc1nc(-c2cnc3ccsc3c2)sc1C(=O)O. The molecule has 0 amide bonds. The first kappa shape index (κ1) is 14.2. The van der Waals surface area contributed by atoms with Gasteiger partial charge in [0.05, 0.1) is 15.9 Å². The van der Waals surface area contributed by atoms with E-state index in [2.05, 4.69) is 23.8 Å². The van der Waals surface area contributed by atoms with Crippen molar-refractivity contribution in [3.8, 4) is 10.6 Å². The fourth-order valence-electron chi connectivity index (χ4n) is 2.13. The highest BCUT2D eigenvalue weighted by molar-refractivity contribution is 7.17. The highest BCUT2D eigenvalue weighted by Gasteiger charge is 2.19. The summed E-state index contributed by atoms with van der Waals surface area (Å²) in [4.78, 5) is 20.6. The Bertz CT molecular complexity index is 805. The lowest BCUT2D eigenvalue weighted by atomic mass is 10.1. The fraction of sp³-hybridized carbons (Fsp3) is 0.267. The quantitative estimate of drug-likeness (QED) is 0.778. The number of rotatable bonds is 4. The predicted octanol–water partition coefficient (Wildman–Crippen LogP) is 4.32. The highest BCUT2D eigenvalue weighted by Crippen LogP contribution is 2.31. The lowest BCUT2D eigenvalue weighted by Gasteiger charge is -2.01. The van der Waals surface area contributed by atoms with Gasteiger partial charge in [-0.15, -0.1) is 22.7 Å². The van der Waals surface area contributed by atoms with Gasteiger partial charge in [0.25, 0.3) is 0 Å². The van der Waals surface area contributed by atoms with Crippen molar-refractivity contribution in [1.29, 1.82) is 0 Å². The first-order valence-electron chi connectivity index (χ1n) is 6.61. The largest absolute Gasteiger partial charge is 0.477 e. The van der Waals surface area contributed by atoms with E-state index < -0.39 is 5.97 Å². The Morgan fingerprint density at radius 3 is 2.95 bits per heavy atom. The molecular weight excluding hydrogens is 304 g/mol. The molecule has 6 heteroatoms. The molecule has 3 aromatic heterocycles. The number of carboxylic acid groups (broad SMARTS) is 1. The summed E-state index contributed by atoms with van der Waals surface area (Å²) in [5, 5.41) is 12.1. The maximum Gasteiger partial charge on any atom is 0.347 e. The van der Waals surface area contributed by atoms with Crippen LogP contribution >= 0.6 is 22.7 Å². The molecule has 0 radical (unpaired) electrons. The number of thiophene rings is 1. The van der Waals surface area contributed by atoms with E-state index in [9.17, 15) is 9.90 Å². The van der Waals surface area contributed by atoms with Gasteiger partial charge < -0.3 is 5.11 Å². The van der Waals surface area contributed by atoms with Gasteiger partial charge in [-0.2, -0.15) is 0 Å². The fourth-order valence-corrected chi connectivity index (χ4v) is 3.82. The van der Waals surface area contributed by atoms with Gasteiger partial charge in [-0.1, -0.05) is 13.8 Å². The third kappa shape index (κ3) is 2.82. The van der Waals surface area contributed by atoms with Gasteiger partial charge >= 0.3 is 5.97 Å². The van der Waals surface area contributed by atoms with Crippen LogP contribution in [0.5, 0.6) is 0 Å². The van der Waals surface area contributed by atoms with Crippen LogP contribution in [0.1, 0.15) is 29.2 Å². The molecule has 21 heavy (non-hydrogen) atoms. The molecule has 0 saturated heterocycles. The molecule has 0 bridgehead atoms.